The van der Waals surface area contributed by atoms with E-state index in [-0.39, 0.29) is 4.90 Å². The topological polar surface area (TPSA) is 62.3 Å². The number of aromatic nitrogens is 1. The standard InChI is InChI=1S/C13H15N3O2S/c1-16(2)19(17,18)13-8-4-3-7-12(13)15-11-6-5-9-14-10-11/h3-10,15H,1-2H3. The lowest BCUT2D eigenvalue weighted by molar-refractivity contribution is 0.521. The van der Waals surface area contributed by atoms with Gasteiger partial charge in [-0.05, 0) is 24.3 Å². The Balaban J connectivity index is 2.43. The summed E-state index contributed by atoms with van der Waals surface area (Å²) >= 11 is 0. The smallest absolute Gasteiger partial charge is 0.244 e. The Morgan fingerprint density at radius 1 is 1.11 bits per heavy atom. The SMILES string of the molecule is CN(C)S(=O)(=O)c1ccccc1Nc1cccnc1. The van der Waals surface area contributed by atoms with Crippen LogP contribution in [0.3, 0.4) is 0 Å². The summed E-state index contributed by atoms with van der Waals surface area (Å²) < 4.78 is 25.6. The summed E-state index contributed by atoms with van der Waals surface area (Å²) in [5.41, 5.74) is 1.27. The van der Waals surface area contributed by atoms with Crippen molar-refractivity contribution in [2.45, 2.75) is 4.90 Å². The molecule has 1 aromatic carbocycles. The number of benzene rings is 1. The lowest BCUT2D eigenvalue weighted by Crippen LogP contribution is -2.23. The third-order valence-electron chi connectivity index (χ3n) is 2.59. The van der Waals surface area contributed by atoms with Gasteiger partial charge in [-0.25, -0.2) is 12.7 Å². The second kappa shape index (κ2) is 5.38. The van der Waals surface area contributed by atoms with Gasteiger partial charge in [-0.3, -0.25) is 4.98 Å². The zero-order valence-corrected chi connectivity index (χ0v) is 11.6. The first kappa shape index (κ1) is 13.5. The highest BCUT2D eigenvalue weighted by molar-refractivity contribution is 7.89. The average Bonchev–Trinajstić information content (AvgIpc) is 2.40. The van der Waals surface area contributed by atoms with Crippen molar-refractivity contribution in [3.63, 3.8) is 0 Å². The molecule has 2 aromatic rings. The molecule has 0 saturated heterocycles. The second-order valence-electron chi connectivity index (χ2n) is 4.15. The predicted molar refractivity (Wildman–Crippen MR) is 74.8 cm³/mol. The molecule has 100 valence electrons. The van der Waals surface area contributed by atoms with Gasteiger partial charge in [-0.15, -0.1) is 0 Å². The molecule has 1 heterocycles. The van der Waals surface area contributed by atoms with Crippen LogP contribution in [0.15, 0.2) is 53.7 Å². The van der Waals surface area contributed by atoms with Crippen molar-refractivity contribution < 1.29 is 8.42 Å². The van der Waals surface area contributed by atoms with Gasteiger partial charge < -0.3 is 5.32 Å². The van der Waals surface area contributed by atoms with Gasteiger partial charge in [0.1, 0.15) is 4.90 Å². The molecular weight excluding hydrogens is 262 g/mol. The number of sulfonamides is 1. The van der Waals surface area contributed by atoms with E-state index >= 15 is 0 Å². The fourth-order valence-electron chi connectivity index (χ4n) is 1.58. The van der Waals surface area contributed by atoms with Crippen LogP contribution in [0.25, 0.3) is 0 Å². The number of hydrogen-bond donors (Lipinski definition) is 1. The fourth-order valence-corrected chi connectivity index (χ4v) is 2.62. The van der Waals surface area contributed by atoms with Gasteiger partial charge in [0, 0.05) is 20.3 Å². The third kappa shape index (κ3) is 2.91. The second-order valence-corrected chi connectivity index (χ2v) is 6.27. The van der Waals surface area contributed by atoms with Crippen LogP contribution >= 0.6 is 0 Å². The van der Waals surface area contributed by atoms with E-state index in [2.05, 4.69) is 10.3 Å². The van der Waals surface area contributed by atoms with Gasteiger partial charge in [-0.1, -0.05) is 12.1 Å². The van der Waals surface area contributed by atoms with Crippen molar-refractivity contribution >= 4 is 21.4 Å². The maximum absolute atomic E-state index is 12.2. The van der Waals surface area contributed by atoms with Crippen molar-refractivity contribution in [3.05, 3.63) is 48.8 Å². The Morgan fingerprint density at radius 2 is 1.84 bits per heavy atom. The van der Waals surface area contributed by atoms with E-state index in [0.717, 1.165) is 5.69 Å². The van der Waals surface area contributed by atoms with Gasteiger partial charge in [0.05, 0.1) is 17.6 Å². The van der Waals surface area contributed by atoms with Crippen LogP contribution in [-0.4, -0.2) is 31.8 Å². The Kier molecular flexibility index (Phi) is 3.82. The lowest BCUT2D eigenvalue weighted by atomic mass is 10.3. The molecule has 1 N–H and O–H groups in total. The van der Waals surface area contributed by atoms with E-state index in [4.69, 9.17) is 0 Å². The monoisotopic (exact) mass is 277 g/mol. The highest BCUT2D eigenvalue weighted by Gasteiger charge is 2.20. The van der Waals surface area contributed by atoms with Crippen LogP contribution in [0.2, 0.25) is 0 Å². The molecule has 0 amide bonds. The van der Waals surface area contributed by atoms with Gasteiger partial charge >= 0.3 is 0 Å². The van der Waals surface area contributed by atoms with Crippen LogP contribution in [0.1, 0.15) is 0 Å². The third-order valence-corrected chi connectivity index (χ3v) is 4.46. The molecule has 6 heteroatoms. The average molecular weight is 277 g/mol. The zero-order chi connectivity index (χ0) is 13.9. The highest BCUT2D eigenvalue weighted by atomic mass is 32.2. The van der Waals surface area contributed by atoms with Crippen LogP contribution in [0.5, 0.6) is 0 Å². The summed E-state index contributed by atoms with van der Waals surface area (Å²) in [5, 5.41) is 3.07. The largest absolute Gasteiger partial charge is 0.353 e. The van der Waals surface area contributed by atoms with Crippen molar-refractivity contribution in [1.29, 1.82) is 0 Å². The van der Waals surface area contributed by atoms with Crippen molar-refractivity contribution in [3.8, 4) is 0 Å². The van der Waals surface area contributed by atoms with E-state index < -0.39 is 10.0 Å². The molecular formula is C13H15N3O2S. The minimum atomic E-state index is -3.48. The molecule has 0 aliphatic rings. The molecule has 2 rings (SSSR count). The van der Waals surface area contributed by atoms with Crippen molar-refractivity contribution in [1.82, 2.24) is 9.29 Å². The number of nitrogens with zero attached hydrogens (tertiary/aromatic N) is 2. The Morgan fingerprint density at radius 3 is 2.47 bits per heavy atom. The first-order valence-corrected chi connectivity index (χ1v) is 7.14. The van der Waals surface area contributed by atoms with Crippen LogP contribution in [0.4, 0.5) is 11.4 Å². The molecule has 5 nitrogen and oxygen atoms in total. The van der Waals surface area contributed by atoms with Crippen LogP contribution in [0, 0.1) is 0 Å². The number of hydrogen-bond acceptors (Lipinski definition) is 4. The first-order chi connectivity index (χ1) is 9.01. The van der Waals surface area contributed by atoms with Gasteiger partial charge in [0.15, 0.2) is 0 Å². The van der Waals surface area contributed by atoms with E-state index in [0.29, 0.717) is 5.69 Å². The summed E-state index contributed by atoms with van der Waals surface area (Å²) in [6, 6.07) is 10.4. The van der Waals surface area contributed by atoms with Gasteiger partial charge in [0.25, 0.3) is 0 Å². The molecule has 0 aliphatic heterocycles. The van der Waals surface area contributed by atoms with E-state index in [1.807, 2.05) is 6.07 Å². The minimum Gasteiger partial charge on any atom is -0.353 e. The van der Waals surface area contributed by atoms with Crippen molar-refractivity contribution in [2.75, 3.05) is 19.4 Å². The highest BCUT2D eigenvalue weighted by Crippen LogP contribution is 2.25. The summed E-state index contributed by atoms with van der Waals surface area (Å²) in [4.78, 5) is 4.23. The number of anilines is 2. The summed E-state index contributed by atoms with van der Waals surface area (Å²) in [7, 11) is -0.457. The number of pyridine rings is 1. The van der Waals surface area contributed by atoms with Crippen molar-refractivity contribution in [2.24, 2.45) is 0 Å². The number of para-hydroxylation sites is 1. The first-order valence-electron chi connectivity index (χ1n) is 5.70. The van der Waals surface area contributed by atoms with E-state index in [1.165, 1.54) is 18.4 Å². The Labute approximate surface area is 113 Å². The van der Waals surface area contributed by atoms with Gasteiger partial charge in [-0.2, -0.15) is 0 Å². The zero-order valence-electron chi connectivity index (χ0n) is 10.7. The summed E-state index contributed by atoms with van der Waals surface area (Å²) in [5.74, 6) is 0. The number of rotatable bonds is 4. The summed E-state index contributed by atoms with van der Waals surface area (Å²) in [6.45, 7) is 0. The minimum absolute atomic E-state index is 0.240. The molecule has 0 aliphatic carbocycles. The molecule has 0 unspecified atom stereocenters. The normalized spacial score (nSPS) is 11.5. The van der Waals surface area contributed by atoms with Crippen LogP contribution < -0.4 is 5.32 Å². The predicted octanol–water partition coefficient (Wildman–Crippen LogP) is 2.08. The van der Waals surface area contributed by atoms with Gasteiger partial charge in [0.2, 0.25) is 10.0 Å². The molecule has 19 heavy (non-hydrogen) atoms. The number of nitrogens with one attached hydrogen (secondary N) is 1. The molecule has 1 aromatic heterocycles. The molecule has 0 bridgehead atoms. The van der Waals surface area contributed by atoms with Crippen LogP contribution in [-0.2, 0) is 10.0 Å². The molecule has 0 atom stereocenters. The Bertz CT molecular complexity index is 655. The quantitative estimate of drug-likeness (QED) is 0.929. The Hall–Kier alpha value is -1.92. The molecule has 0 spiro atoms. The van der Waals surface area contributed by atoms with E-state index in [9.17, 15) is 8.42 Å². The fraction of sp³-hybridized carbons (Fsp3) is 0.154. The molecule has 0 saturated carbocycles. The summed E-state index contributed by atoms with van der Waals surface area (Å²) in [6.07, 6.45) is 3.30. The molecule has 0 fully saturated rings. The maximum atomic E-state index is 12.2. The maximum Gasteiger partial charge on any atom is 0.244 e. The lowest BCUT2D eigenvalue weighted by Gasteiger charge is -2.16. The van der Waals surface area contributed by atoms with E-state index in [1.54, 1.807) is 42.7 Å². The molecule has 0 radical (unpaired) electrons.